The highest BCUT2D eigenvalue weighted by Gasteiger charge is 2.00. The Morgan fingerprint density at radius 3 is 2.18 bits per heavy atom. The Balaban J connectivity index is 0.00000441. The zero-order chi connectivity index (χ0) is 15.7. The smallest absolute Gasteiger partial charge is 0.191 e. The first kappa shape index (κ1) is 21.2. The summed E-state index contributed by atoms with van der Waals surface area (Å²) in [5, 5.41) is 6.69. The van der Waals surface area contributed by atoms with Gasteiger partial charge < -0.3 is 15.5 Å². The quantitative estimate of drug-likeness (QED) is 0.406. The molecular formula is C17H31IN4. The first-order valence-electron chi connectivity index (χ1n) is 7.68. The van der Waals surface area contributed by atoms with Crippen molar-refractivity contribution in [3.05, 3.63) is 35.4 Å². The van der Waals surface area contributed by atoms with Gasteiger partial charge in [0.1, 0.15) is 0 Å². The SMILES string of the molecule is CN=C(NCCC(C)C)NCc1ccc(CN(C)C)cc1.I. The molecule has 0 aliphatic carbocycles. The number of benzene rings is 1. The summed E-state index contributed by atoms with van der Waals surface area (Å²) in [5.74, 6) is 1.58. The molecule has 0 radical (unpaired) electrons. The Labute approximate surface area is 152 Å². The number of nitrogens with one attached hydrogen (secondary N) is 2. The fourth-order valence-electron chi connectivity index (χ4n) is 2.01. The molecule has 1 aromatic rings. The molecule has 4 nitrogen and oxygen atoms in total. The van der Waals surface area contributed by atoms with Gasteiger partial charge in [-0.05, 0) is 37.6 Å². The molecule has 0 fully saturated rings. The summed E-state index contributed by atoms with van der Waals surface area (Å²) in [6.07, 6.45) is 1.15. The second-order valence-corrected chi connectivity index (χ2v) is 6.09. The molecule has 0 saturated carbocycles. The number of halogens is 1. The van der Waals surface area contributed by atoms with Crippen LogP contribution in [0.5, 0.6) is 0 Å². The van der Waals surface area contributed by atoms with Crippen LogP contribution in [-0.4, -0.2) is 38.5 Å². The Morgan fingerprint density at radius 2 is 1.68 bits per heavy atom. The summed E-state index contributed by atoms with van der Waals surface area (Å²) < 4.78 is 0. The van der Waals surface area contributed by atoms with Crippen LogP contribution in [0.4, 0.5) is 0 Å². The molecule has 2 N–H and O–H groups in total. The molecule has 22 heavy (non-hydrogen) atoms. The number of nitrogens with zero attached hydrogens (tertiary/aromatic N) is 2. The van der Waals surface area contributed by atoms with Crippen molar-refractivity contribution in [2.24, 2.45) is 10.9 Å². The minimum Gasteiger partial charge on any atom is -0.356 e. The summed E-state index contributed by atoms with van der Waals surface area (Å²) in [4.78, 5) is 6.42. The Bertz CT molecular complexity index is 427. The van der Waals surface area contributed by atoms with Crippen LogP contribution in [0.25, 0.3) is 0 Å². The number of hydrogen-bond donors (Lipinski definition) is 2. The molecule has 0 unspecified atom stereocenters. The third kappa shape index (κ3) is 9.25. The van der Waals surface area contributed by atoms with Crippen molar-refractivity contribution in [2.45, 2.75) is 33.4 Å². The van der Waals surface area contributed by atoms with E-state index in [0.717, 1.165) is 32.0 Å². The summed E-state index contributed by atoms with van der Waals surface area (Å²) in [7, 11) is 5.98. The van der Waals surface area contributed by atoms with Crippen LogP contribution in [0, 0.1) is 5.92 Å². The number of rotatable bonds is 7. The van der Waals surface area contributed by atoms with Crippen LogP contribution in [0.2, 0.25) is 0 Å². The van der Waals surface area contributed by atoms with Crippen LogP contribution in [0.15, 0.2) is 29.3 Å². The van der Waals surface area contributed by atoms with Crippen molar-refractivity contribution in [3.8, 4) is 0 Å². The standard InChI is InChI=1S/C17H30N4.HI/c1-14(2)10-11-19-17(18-3)20-12-15-6-8-16(9-7-15)13-21(4)5;/h6-9,14H,10-13H2,1-5H3,(H2,18,19,20);1H. The second-order valence-electron chi connectivity index (χ2n) is 6.09. The lowest BCUT2D eigenvalue weighted by molar-refractivity contribution is 0.402. The van der Waals surface area contributed by atoms with Gasteiger partial charge in [-0.3, -0.25) is 4.99 Å². The fourth-order valence-corrected chi connectivity index (χ4v) is 2.01. The van der Waals surface area contributed by atoms with Crippen molar-refractivity contribution >= 4 is 29.9 Å². The molecule has 0 bridgehead atoms. The monoisotopic (exact) mass is 418 g/mol. The lowest BCUT2D eigenvalue weighted by Crippen LogP contribution is -2.37. The van der Waals surface area contributed by atoms with Crippen molar-refractivity contribution in [1.82, 2.24) is 15.5 Å². The highest BCUT2D eigenvalue weighted by atomic mass is 127. The first-order valence-corrected chi connectivity index (χ1v) is 7.68. The predicted molar refractivity (Wildman–Crippen MR) is 107 cm³/mol. The molecule has 5 heteroatoms. The van der Waals surface area contributed by atoms with Gasteiger partial charge in [-0.1, -0.05) is 38.1 Å². The van der Waals surface area contributed by atoms with Gasteiger partial charge in [-0.15, -0.1) is 24.0 Å². The first-order chi connectivity index (χ1) is 10.0. The maximum atomic E-state index is 4.24. The van der Waals surface area contributed by atoms with E-state index in [2.05, 4.69) is 72.7 Å². The lowest BCUT2D eigenvalue weighted by Gasteiger charge is -2.13. The van der Waals surface area contributed by atoms with E-state index in [1.165, 1.54) is 11.1 Å². The van der Waals surface area contributed by atoms with Crippen LogP contribution in [0.1, 0.15) is 31.4 Å². The van der Waals surface area contributed by atoms with E-state index in [4.69, 9.17) is 0 Å². The molecule has 0 aliphatic rings. The van der Waals surface area contributed by atoms with Crippen molar-refractivity contribution < 1.29 is 0 Å². The lowest BCUT2D eigenvalue weighted by atomic mass is 10.1. The van der Waals surface area contributed by atoms with Crippen LogP contribution < -0.4 is 10.6 Å². The summed E-state index contributed by atoms with van der Waals surface area (Å²) in [5.41, 5.74) is 2.60. The molecule has 0 saturated heterocycles. The normalized spacial score (nSPS) is 11.5. The molecule has 126 valence electrons. The number of hydrogen-bond acceptors (Lipinski definition) is 2. The summed E-state index contributed by atoms with van der Waals surface area (Å²) >= 11 is 0. The van der Waals surface area contributed by atoms with Gasteiger partial charge in [-0.2, -0.15) is 0 Å². The van der Waals surface area contributed by atoms with E-state index < -0.39 is 0 Å². The molecule has 0 aromatic heterocycles. The minimum absolute atomic E-state index is 0. The molecule has 0 amide bonds. The van der Waals surface area contributed by atoms with E-state index in [-0.39, 0.29) is 24.0 Å². The minimum atomic E-state index is 0. The molecule has 1 rings (SSSR count). The fraction of sp³-hybridized carbons (Fsp3) is 0.588. The summed E-state index contributed by atoms with van der Waals surface area (Å²) in [6.45, 7) is 7.19. The van der Waals surface area contributed by atoms with Gasteiger partial charge in [0.2, 0.25) is 0 Å². The van der Waals surface area contributed by atoms with Gasteiger partial charge in [0.05, 0.1) is 0 Å². The maximum Gasteiger partial charge on any atom is 0.191 e. The van der Waals surface area contributed by atoms with E-state index in [0.29, 0.717) is 5.92 Å². The number of aliphatic imine (C=N–C) groups is 1. The second kappa shape index (κ2) is 11.7. The van der Waals surface area contributed by atoms with E-state index in [9.17, 15) is 0 Å². The van der Waals surface area contributed by atoms with Gasteiger partial charge in [0.15, 0.2) is 5.96 Å². The average molecular weight is 418 g/mol. The van der Waals surface area contributed by atoms with Crippen LogP contribution >= 0.6 is 24.0 Å². The Hall–Kier alpha value is -0.820. The van der Waals surface area contributed by atoms with Crippen molar-refractivity contribution in [1.29, 1.82) is 0 Å². The summed E-state index contributed by atoms with van der Waals surface area (Å²) in [6, 6.07) is 8.72. The van der Waals surface area contributed by atoms with Crippen LogP contribution in [0.3, 0.4) is 0 Å². The topological polar surface area (TPSA) is 39.7 Å². The van der Waals surface area contributed by atoms with Crippen LogP contribution in [-0.2, 0) is 13.1 Å². The highest BCUT2D eigenvalue weighted by molar-refractivity contribution is 14.0. The largest absolute Gasteiger partial charge is 0.356 e. The molecule has 1 aromatic carbocycles. The average Bonchev–Trinajstić information content (AvgIpc) is 2.43. The number of guanidine groups is 1. The van der Waals surface area contributed by atoms with Crippen molar-refractivity contribution in [2.75, 3.05) is 27.7 Å². The Morgan fingerprint density at radius 1 is 1.09 bits per heavy atom. The molecule has 0 spiro atoms. The van der Waals surface area contributed by atoms with E-state index >= 15 is 0 Å². The molecule has 0 atom stereocenters. The van der Waals surface area contributed by atoms with Gasteiger partial charge in [0, 0.05) is 26.7 Å². The third-order valence-electron chi connectivity index (χ3n) is 3.22. The maximum absolute atomic E-state index is 4.24. The van der Waals surface area contributed by atoms with E-state index in [1.54, 1.807) is 0 Å². The van der Waals surface area contributed by atoms with E-state index in [1.807, 2.05) is 7.05 Å². The van der Waals surface area contributed by atoms with Gasteiger partial charge in [-0.25, -0.2) is 0 Å². The highest BCUT2D eigenvalue weighted by Crippen LogP contribution is 2.06. The molecule has 0 heterocycles. The zero-order valence-electron chi connectivity index (χ0n) is 14.5. The van der Waals surface area contributed by atoms with Gasteiger partial charge in [0.25, 0.3) is 0 Å². The third-order valence-corrected chi connectivity index (χ3v) is 3.22. The zero-order valence-corrected chi connectivity index (χ0v) is 16.8. The van der Waals surface area contributed by atoms with Gasteiger partial charge >= 0.3 is 0 Å². The van der Waals surface area contributed by atoms with Crippen molar-refractivity contribution in [3.63, 3.8) is 0 Å². The predicted octanol–water partition coefficient (Wildman–Crippen LogP) is 3.08. The molecule has 0 aliphatic heterocycles. The Kier molecular flexibility index (Phi) is 11.3. The molecular weight excluding hydrogens is 387 g/mol.